The standard InChI is InChI=1S/C18H23ClN4O2/c1-11-8-12(2)16(14(19)9-11)23-18-21-13(3)10-15(22-18)17(24)20-6-5-7-25-4/h8-10H,5-7H2,1-4H3,(H,20,24)(H,21,22,23). The predicted molar refractivity (Wildman–Crippen MR) is 99.8 cm³/mol. The molecule has 0 fully saturated rings. The Hall–Kier alpha value is -2.18. The minimum atomic E-state index is -0.239. The van der Waals surface area contributed by atoms with Crippen LogP contribution in [0.1, 0.15) is 33.7 Å². The molecule has 1 aromatic carbocycles. The van der Waals surface area contributed by atoms with Gasteiger partial charge in [-0.15, -0.1) is 0 Å². The molecule has 1 aromatic heterocycles. The van der Waals surface area contributed by atoms with Crippen molar-refractivity contribution in [2.45, 2.75) is 27.2 Å². The Morgan fingerprint density at radius 1 is 1.20 bits per heavy atom. The van der Waals surface area contributed by atoms with Crippen LogP contribution in [0.5, 0.6) is 0 Å². The van der Waals surface area contributed by atoms with Gasteiger partial charge in [0.1, 0.15) is 5.69 Å². The molecule has 0 aliphatic heterocycles. The van der Waals surface area contributed by atoms with Crippen LogP contribution in [-0.2, 0) is 4.74 Å². The van der Waals surface area contributed by atoms with Crippen LogP contribution >= 0.6 is 11.6 Å². The molecular weight excluding hydrogens is 340 g/mol. The number of methoxy groups -OCH3 is 1. The van der Waals surface area contributed by atoms with Crippen LogP contribution in [0, 0.1) is 20.8 Å². The van der Waals surface area contributed by atoms with Crippen LogP contribution < -0.4 is 10.6 Å². The van der Waals surface area contributed by atoms with Crippen molar-refractivity contribution in [3.8, 4) is 0 Å². The molecule has 0 atom stereocenters. The monoisotopic (exact) mass is 362 g/mol. The second-order valence-corrected chi connectivity index (χ2v) is 6.29. The van der Waals surface area contributed by atoms with Crippen molar-refractivity contribution in [3.63, 3.8) is 0 Å². The smallest absolute Gasteiger partial charge is 0.270 e. The summed E-state index contributed by atoms with van der Waals surface area (Å²) < 4.78 is 4.97. The van der Waals surface area contributed by atoms with Gasteiger partial charge in [0.25, 0.3) is 5.91 Å². The molecular formula is C18H23ClN4O2. The number of hydrogen-bond donors (Lipinski definition) is 2. The molecule has 2 N–H and O–H groups in total. The molecule has 2 rings (SSSR count). The highest BCUT2D eigenvalue weighted by Crippen LogP contribution is 2.29. The maximum Gasteiger partial charge on any atom is 0.270 e. The van der Waals surface area contributed by atoms with Gasteiger partial charge in [-0.3, -0.25) is 4.79 Å². The lowest BCUT2D eigenvalue weighted by atomic mass is 10.1. The highest BCUT2D eigenvalue weighted by atomic mass is 35.5. The van der Waals surface area contributed by atoms with Gasteiger partial charge in [0.2, 0.25) is 5.95 Å². The van der Waals surface area contributed by atoms with E-state index in [4.69, 9.17) is 16.3 Å². The molecule has 25 heavy (non-hydrogen) atoms. The van der Waals surface area contributed by atoms with Crippen molar-refractivity contribution in [2.24, 2.45) is 0 Å². The third-order valence-electron chi connectivity index (χ3n) is 3.57. The number of benzene rings is 1. The lowest BCUT2D eigenvalue weighted by Gasteiger charge is -2.13. The van der Waals surface area contributed by atoms with Crippen molar-refractivity contribution >= 4 is 29.1 Å². The summed E-state index contributed by atoms with van der Waals surface area (Å²) in [6.45, 7) is 6.89. The summed E-state index contributed by atoms with van der Waals surface area (Å²) in [5, 5.41) is 6.54. The molecule has 1 heterocycles. The topological polar surface area (TPSA) is 76.1 Å². The van der Waals surface area contributed by atoms with E-state index in [2.05, 4.69) is 20.6 Å². The number of amides is 1. The summed E-state index contributed by atoms with van der Waals surface area (Å²) in [6.07, 6.45) is 0.746. The van der Waals surface area contributed by atoms with E-state index in [1.807, 2.05) is 32.9 Å². The van der Waals surface area contributed by atoms with Gasteiger partial charge < -0.3 is 15.4 Å². The molecule has 0 aliphatic rings. The highest BCUT2D eigenvalue weighted by molar-refractivity contribution is 6.33. The number of aromatic nitrogens is 2. The van der Waals surface area contributed by atoms with Crippen LogP contribution in [0.15, 0.2) is 18.2 Å². The summed E-state index contributed by atoms with van der Waals surface area (Å²) in [7, 11) is 1.63. The van der Waals surface area contributed by atoms with Crippen molar-refractivity contribution in [1.82, 2.24) is 15.3 Å². The van der Waals surface area contributed by atoms with Gasteiger partial charge in [-0.2, -0.15) is 0 Å². The number of nitrogens with zero attached hydrogens (tertiary/aromatic N) is 2. The fourth-order valence-electron chi connectivity index (χ4n) is 2.44. The number of carbonyl (C=O) groups excluding carboxylic acids is 1. The van der Waals surface area contributed by atoms with Crippen LogP contribution in [-0.4, -0.2) is 36.1 Å². The van der Waals surface area contributed by atoms with Gasteiger partial charge in [0.15, 0.2) is 0 Å². The zero-order chi connectivity index (χ0) is 18.4. The molecule has 0 unspecified atom stereocenters. The summed E-state index contributed by atoms with van der Waals surface area (Å²) in [5.74, 6) is 0.104. The van der Waals surface area contributed by atoms with E-state index in [0.29, 0.717) is 35.5 Å². The number of anilines is 2. The Morgan fingerprint density at radius 3 is 2.64 bits per heavy atom. The van der Waals surface area contributed by atoms with Gasteiger partial charge >= 0.3 is 0 Å². The maximum absolute atomic E-state index is 12.2. The minimum Gasteiger partial charge on any atom is -0.385 e. The molecule has 2 aromatic rings. The molecule has 0 saturated heterocycles. The Labute approximate surface area is 153 Å². The first kappa shape index (κ1) is 19.1. The van der Waals surface area contributed by atoms with Gasteiger partial charge in [0.05, 0.1) is 10.7 Å². The van der Waals surface area contributed by atoms with Gasteiger partial charge in [-0.05, 0) is 50.5 Å². The molecule has 0 bridgehead atoms. The van der Waals surface area contributed by atoms with Gasteiger partial charge in [0, 0.05) is 26.0 Å². The molecule has 7 heteroatoms. The van der Waals surface area contributed by atoms with E-state index in [-0.39, 0.29) is 5.91 Å². The fraction of sp³-hybridized carbons (Fsp3) is 0.389. The SMILES string of the molecule is COCCCNC(=O)c1cc(C)nc(Nc2c(C)cc(C)cc2Cl)n1. The first-order valence-electron chi connectivity index (χ1n) is 8.07. The number of carbonyl (C=O) groups is 1. The third-order valence-corrected chi connectivity index (χ3v) is 3.86. The van der Waals surface area contributed by atoms with Crippen molar-refractivity contribution < 1.29 is 9.53 Å². The first-order valence-corrected chi connectivity index (χ1v) is 8.45. The molecule has 0 spiro atoms. The van der Waals surface area contributed by atoms with E-state index in [1.54, 1.807) is 13.2 Å². The lowest BCUT2D eigenvalue weighted by molar-refractivity contribution is 0.0943. The Morgan fingerprint density at radius 2 is 1.96 bits per heavy atom. The average Bonchev–Trinajstić information content (AvgIpc) is 2.54. The van der Waals surface area contributed by atoms with E-state index < -0.39 is 0 Å². The zero-order valence-electron chi connectivity index (χ0n) is 14.9. The molecule has 0 radical (unpaired) electrons. The molecule has 6 nitrogen and oxygen atoms in total. The van der Waals surface area contributed by atoms with Crippen LogP contribution in [0.4, 0.5) is 11.6 Å². The second kappa shape index (κ2) is 8.78. The van der Waals surface area contributed by atoms with Gasteiger partial charge in [-0.1, -0.05) is 17.7 Å². The average molecular weight is 363 g/mol. The number of ether oxygens (including phenoxy) is 1. The summed E-state index contributed by atoms with van der Waals surface area (Å²) in [6, 6.07) is 5.55. The molecule has 134 valence electrons. The quantitative estimate of drug-likeness (QED) is 0.736. The Bertz CT molecular complexity index is 742. The van der Waals surface area contributed by atoms with Crippen LogP contribution in [0.2, 0.25) is 5.02 Å². The van der Waals surface area contributed by atoms with E-state index in [9.17, 15) is 4.79 Å². The zero-order valence-corrected chi connectivity index (χ0v) is 15.7. The van der Waals surface area contributed by atoms with Crippen molar-refractivity contribution in [2.75, 3.05) is 25.6 Å². The lowest BCUT2D eigenvalue weighted by Crippen LogP contribution is -2.26. The van der Waals surface area contributed by atoms with E-state index in [0.717, 1.165) is 23.2 Å². The maximum atomic E-state index is 12.2. The Kier molecular flexibility index (Phi) is 6.73. The predicted octanol–water partition coefficient (Wildman–Crippen LogP) is 3.57. The largest absolute Gasteiger partial charge is 0.385 e. The molecule has 0 aliphatic carbocycles. The first-order chi connectivity index (χ1) is 11.9. The van der Waals surface area contributed by atoms with E-state index in [1.165, 1.54) is 0 Å². The van der Waals surface area contributed by atoms with Crippen molar-refractivity contribution in [1.29, 1.82) is 0 Å². The number of nitrogens with one attached hydrogen (secondary N) is 2. The summed E-state index contributed by atoms with van der Waals surface area (Å²) >= 11 is 6.32. The van der Waals surface area contributed by atoms with Crippen LogP contribution in [0.3, 0.4) is 0 Å². The highest BCUT2D eigenvalue weighted by Gasteiger charge is 2.12. The normalized spacial score (nSPS) is 10.6. The summed E-state index contributed by atoms with van der Waals surface area (Å²) in [4.78, 5) is 20.9. The number of halogens is 1. The fourth-order valence-corrected chi connectivity index (χ4v) is 2.80. The number of aryl methyl sites for hydroxylation is 3. The minimum absolute atomic E-state index is 0.239. The second-order valence-electron chi connectivity index (χ2n) is 5.88. The number of rotatable bonds is 7. The third kappa shape index (κ3) is 5.41. The van der Waals surface area contributed by atoms with Gasteiger partial charge in [-0.25, -0.2) is 9.97 Å². The number of hydrogen-bond acceptors (Lipinski definition) is 5. The summed E-state index contributed by atoms with van der Waals surface area (Å²) in [5.41, 5.74) is 3.81. The molecule has 0 saturated carbocycles. The Balaban J connectivity index is 2.18. The molecule has 1 amide bonds. The van der Waals surface area contributed by atoms with Crippen LogP contribution in [0.25, 0.3) is 0 Å². The van der Waals surface area contributed by atoms with E-state index >= 15 is 0 Å². The van der Waals surface area contributed by atoms with Crippen molar-refractivity contribution in [3.05, 3.63) is 45.7 Å².